The van der Waals surface area contributed by atoms with Crippen molar-refractivity contribution in [3.63, 3.8) is 0 Å². The largest absolute Gasteiger partial charge is 0.394 e. The molecule has 0 aromatic carbocycles. The molecular formula is C8H16O3. The van der Waals surface area contributed by atoms with Crippen molar-refractivity contribution < 1.29 is 14.9 Å². The minimum atomic E-state index is -0.479. The first-order chi connectivity index (χ1) is 5.15. The van der Waals surface area contributed by atoms with E-state index < -0.39 is 6.10 Å². The number of hydrogen-bond acceptors (Lipinski definition) is 3. The van der Waals surface area contributed by atoms with Gasteiger partial charge < -0.3 is 14.9 Å². The van der Waals surface area contributed by atoms with E-state index in [1.807, 2.05) is 0 Å². The van der Waals surface area contributed by atoms with Crippen LogP contribution in [0.3, 0.4) is 0 Å². The zero-order valence-corrected chi connectivity index (χ0v) is 7.03. The molecular weight excluding hydrogens is 144 g/mol. The van der Waals surface area contributed by atoms with Crippen LogP contribution in [0.1, 0.15) is 20.3 Å². The topological polar surface area (TPSA) is 49.7 Å². The second kappa shape index (κ2) is 3.52. The van der Waals surface area contributed by atoms with Crippen LogP contribution in [0, 0.1) is 5.92 Å². The average Bonchev–Trinajstić information content (AvgIpc) is 2.31. The zero-order chi connectivity index (χ0) is 8.43. The Morgan fingerprint density at radius 2 is 2.18 bits per heavy atom. The molecule has 2 N–H and O–H groups in total. The molecule has 66 valence electrons. The lowest BCUT2D eigenvalue weighted by Crippen LogP contribution is -2.24. The highest BCUT2D eigenvalue weighted by atomic mass is 16.5. The Morgan fingerprint density at radius 3 is 2.45 bits per heavy atom. The van der Waals surface area contributed by atoms with Crippen LogP contribution in [0.5, 0.6) is 0 Å². The number of aliphatic hydroxyl groups excluding tert-OH is 2. The maximum atomic E-state index is 9.32. The molecule has 0 spiro atoms. The predicted molar refractivity (Wildman–Crippen MR) is 41.2 cm³/mol. The molecule has 0 unspecified atom stereocenters. The predicted octanol–water partition coefficient (Wildman–Crippen LogP) is 0.153. The van der Waals surface area contributed by atoms with E-state index in [0.717, 1.165) is 0 Å². The Kier molecular flexibility index (Phi) is 2.87. The Bertz CT molecular complexity index is 125. The van der Waals surface area contributed by atoms with Crippen molar-refractivity contribution in [2.45, 2.75) is 38.6 Å². The SMILES string of the molecule is CC(C)[C@H]1C[C@@H](O)[C@@H](CO)O1. The van der Waals surface area contributed by atoms with Gasteiger partial charge in [0.15, 0.2) is 0 Å². The molecule has 0 amide bonds. The molecule has 0 radical (unpaired) electrons. The fourth-order valence-electron chi connectivity index (χ4n) is 1.35. The van der Waals surface area contributed by atoms with Crippen molar-refractivity contribution in [1.29, 1.82) is 0 Å². The van der Waals surface area contributed by atoms with E-state index in [9.17, 15) is 5.11 Å². The van der Waals surface area contributed by atoms with Gasteiger partial charge in [0.2, 0.25) is 0 Å². The van der Waals surface area contributed by atoms with Gasteiger partial charge >= 0.3 is 0 Å². The molecule has 1 fully saturated rings. The Balaban J connectivity index is 2.43. The van der Waals surface area contributed by atoms with Gasteiger partial charge in [0.05, 0.1) is 18.8 Å². The number of ether oxygens (including phenoxy) is 1. The van der Waals surface area contributed by atoms with Crippen molar-refractivity contribution in [3.05, 3.63) is 0 Å². The summed E-state index contributed by atoms with van der Waals surface area (Å²) in [5.74, 6) is 0.418. The fraction of sp³-hybridized carbons (Fsp3) is 1.00. The molecule has 1 rings (SSSR count). The Hall–Kier alpha value is -0.120. The Morgan fingerprint density at radius 1 is 1.55 bits per heavy atom. The minimum Gasteiger partial charge on any atom is -0.394 e. The van der Waals surface area contributed by atoms with Gasteiger partial charge in [-0.2, -0.15) is 0 Å². The highest BCUT2D eigenvalue weighted by Crippen LogP contribution is 2.25. The van der Waals surface area contributed by atoms with Crippen LogP contribution in [0.2, 0.25) is 0 Å². The summed E-state index contributed by atoms with van der Waals surface area (Å²) in [6, 6.07) is 0. The molecule has 1 heterocycles. The van der Waals surface area contributed by atoms with Gasteiger partial charge in [0.1, 0.15) is 6.10 Å². The monoisotopic (exact) mass is 160 g/mol. The summed E-state index contributed by atoms with van der Waals surface area (Å²) in [6.07, 6.45) is -0.0694. The summed E-state index contributed by atoms with van der Waals surface area (Å²) >= 11 is 0. The van der Waals surface area contributed by atoms with Gasteiger partial charge in [-0.25, -0.2) is 0 Å². The van der Waals surface area contributed by atoms with E-state index in [4.69, 9.17) is 9.84 Å². The normalized spacial score (nSPS) is 38.5. The molecule has 0 bridgehead atoms. The van der Waals surface area contributed by atoms with E-state index in [1.165, 1.54) is 0 Å². The molecule has 0 aromatic rings. The smallest absolute Gasteiger partial charge is 0.107 e. The molecule has 3 heteroatoms. The molecule has 11 heavy (non-hydrogen) atoms. The quantitative estimate of drug-likeness (QED) is 0.604. The highest BCUT2D eigenvalue weighted by molar-refractivity contribution is 4.82. The van der Waals surface area contributed by atoms with Crippen LogP contribution in [0.15, 0.2) is 0 Å². The van der Waals surface area contributed by atoms with E-state index in [-0.39, 0.29) is 18.8 Å². The third kappa shape index (κ3) is 1.92. The van der Waals surface area contributed by atoms with Gasteiger partial charge in [-0.05, 0) is 5.92 Å². The average molecular weight is 160 g/mol. The van der Waals surface area contributed by atoms with Crippen molar-refractivity contribution in [2.24, 2.45) is 5.92 Å². The van der Waals surface area contributed by atoms with Crippen molar-refractivity contribution >= 4 is 0 Å². The summed E-state index contributed by atoms with van der Waals surface area (Å²) in [5, 5.41) is 18.1. The van der Waals surface area contributed by atoms with Gasteiger partial charge in [-0.1, -0.05) is 13.8 Å². The number of aliphatic hydroxyl groups is 2. The first-order valence-corrected chi connectivity index (χ1v) is 4.09. The second-order valence-electron chi connectivity index (χ2n) is 3.44. The van der Waals surface area contributed by atoms with E-state index in [2.05, 4.69) is 13.8 Å². The van der Waals surface area contributed by atoms with Crippen LogP contribution >= 0.6 is 0 Å². The summed E-state index contributed by atoms with van der Waals surface area (Å²) in [6.45, 7) is 4.03. The van der Waals surface area contributed by atoms with Gasteiger partial charge in [0.25, 0.3) is 0 Å². The third-order valence-electron chi connectivity index (χ3n) is 2.18. The summed E-state index contributed by atoms with van der Waals surface area (Å²) in [4.78, 5) is 0. The Labute approximate surface area is 67.0 Å². The fourth-order valence-corrected chi connectivity index (χ4v) is 1.35. The standard InChI is InChI=1S/C8H16O3/c1-5(2)7-3-6(10)8(4-9)11-7/h5-10H,3-4H2,1-2H3/t6-,7-,8-/m1/s1. The van der Waals surface area contributed by atoms with Crippen molar-refractivity contribution in [2.75, 3.05) is 6.61 Å². The van der Waals surface area contributed by atoms with Crippen LogP contribution in [-0.2, 0) is 4.74 Å². The summed E-state index contributed by atoms with van der Waals surface area (Å²) in [7, 11) is 0. The molecule has 1 aliphatic heterocycles. The van der Waals surface area contributed by atoms with Gasteiger partial charge in [0, 0.05) is 6.42 Å². The molecule has 0 aromatic heterocycles. The van der Waals surface area contributed by atoms with Crippen LogP contribution in [-0.4, -0.2) is 35.1 Å². The molecule has 0 aliphatic carbocycles. The third-order valence-corrected chi connectivity index (χ3v) is 2.18. The van der Waals surface area contributed by atoms with E-state index >= 15 is 0 Å². The molecule has 3 atom stereocenters. The molecule has 0 saturated carbocycles. The lowest BCUT2D eigenvalue weighted by molar-refractivity contribution is -0.0335. The van der Waals surface area contributed by atoms with Crippen LogP contribution in [0.4, 0.5) is 0 Å². The first kappa shape index (κ1) is 8.97. The maximum Gasteiger partial charge on any atom is 0.107 e. The minimum absolute atomic E-state index is 0.0790. The second-order valence-corrected chi connectivity index (χ2v) is 3.44. The lowest BCUT2D eigenvalue weighted by atomic mass is 10.0. The van der Waals surface area contributed by atoms with E-state index in [0.29, 0.717) is 12.3 Å². The molecule has 1 saturated heterocycles. The molecule has 3 nitrogen and oxygen atoms in total. The highest BCUT2D eigenvalue weighted by Gasteiger charge is 2.34. The van der Waals surface area contributed by atoms with Gasteiger partial charge in [-0.15, -0.1) is 0 Å². The van der Waals surface area contributed by atoms with Crippen LogP contribution in [0.25, 0.3) is 0 Å². The van der Waals surface area contributed by atoms with Gasteiger partial charge in [-0.3, -0.25) is 0 Å². The number of hydrogen-bond donors (Lipinski definition) is 2. The maximum absolute atomic E-state index is 9.32. The molecule has 1 aliphatic rings. The first-order valence-electron chi connectivity index (χ1n) is 4.09. The zero-order valence-electron chi connectivity index (χ0n) is 7.03. The lowest BCUT2D eigenvalue weighted by Gasteiger charge is -2.14. The van der Waals surface area contributed by atoms with E-state index in [1.54, 1.807) is 0 Å². The summed E-state index contributed by atoms with van der Waals surface area (Å²) < 4.78 is 5.38. The summed E-state index contributed by atoms with van der Waals surface area (Å²) in [5.41, 5.74) is 0. The van der Waals surface area contributed by atoms with Crippen molar-refractivity contribution in [1.82, 2.24) is 0 Å². The van der Waals surface area contributed by atoms with Crippen molar-refractivity contribution in [3.8, 4) is 0 Å². The number of rotatable bonds is 2. The van der Waals surface area contributed by atoms with Crippen LogP contribution < -0.4 is 0 Å².